The van der Waals surface area contributed by atoms with Crippen LogP contribution in [0.4, 0.5) is 11.4 Å². The van der Waals surface area contributed by atoms with E-state index in [2.05, 4.69) is 22.3 Å². The van der Waals surface area contributed by atoms with Crippen LogP contribution in [0, 0.1) is 6.92 Å². The van der Waals surface area contributed by atoms with Crippen LogP contribution in [0.3, 0.4) is 0 Å². The van der Waals surface area contributed by atoms with Crippen molar-refractivity contribution in [3.63, 3.8) is 0 Å². The minimum Gasteiger partial charge on any atom is -0.372 e. The molecule has 1 aromatic rings. The Morgan fingerprint density at radius 3 is 2.70 bits per heavy atom. The zero-order valence-corrected chi connectivity index (χ0v) is 12.5. The summed E-state index contributed by atoms with van der Waals surface area (Å²) >= 11 is 0. The highest BCUT2D eigenvalue weighted by molar-refractivity contribution is 5.91. The number of carbonyl (C=O) groups is 1. The van der Waals surface area contributed by atoms with Gasteiger partial charge in [-0.25, -0.2) is 0 Å². The van der Waals surface area contributed by atoms with E-state index >= 15 is 0 Å². The van der Waals surface area contributed by atoms with Gasteiger partial charge in [0.25, 0.3) is 0 Å². The molecule has 1 unspecified atom stereocenters. The lowest BCUT2D eigenvalue weighted by Crippen LogP contribution is -2.20. The maximum atomic E-state index is 11.8. The van der Waals surface area contributed by atoms with E-state index in [1.165, 1.54) is 18.5 Å². The fourth-order valence-electron chi connectivity index (χ4n) is 2.53. The Labute approximate surface area is 121 Å². The smallest absolute Gasteiger partial charge is 0.224 e. The third kappa shape index (κ3) is 3.97. The number of hydrogen-bond donors (Lipinski definition) is 2. The molecule has 4 heteroatoms. The van der Waals surface area contributed by atoms with Crippen LogP contribution in [0.25, 0.3) is 0 Å². The van der Waals surface area contributed by atoms with Gasteiger partial charge in [-0.3, -0.25) is 4.79 Å². The van der Waals surface area contributed by atoms with Crippen LogP contribution >= 0.6 is 0 Å². The first-order chi connectivity index (χ1) is 9.56. The zero-order valence-electron chi connectivity index (χ0n) is 12.5. The van der Waals surface area contributed by atoms with E-state index in [0.29, 0.717) is 6.42 Å². The molecule has 1 aromatic carbocycles. The summed E-state index contributed by atoms with van der Waals surface area (Å²) in [6.07, 6.45) is 3.74. The summed E-state index contributed by atoms with van der Waals surface area (Å²) in [5.74, 6) is 0.0410. The third-order valence-corrected chi connectivity index (χ3v) is 3.78. The summed E-state index contributed by atoms with van der Waals surface area (Å²) < 4.78 is 0. The van der Waals surface area contributed by atoms with Crippen molar-refractivity contribution in [3.05, 3.63) is 23.8 Å². The van der Waals surface area contributed by atoms with Crippen molar-refractivity contribution in [3.8, 4) is 0 Å². The molecule has 0 aromatic heterocycles. The molecule has 0 radical (unpaired) electrons. The maximum Gasteiger partial charge on any atom is 0.224 e. The second-order valence-electron chi connectivity index (χ2n) is 5.76. The molecule has 0 bridgehead atoms. The number of carbonyl (C=O) groups excluding carboxylic acids is 1. The summed E-state index contributed by atoms with van der Waals surface area (Å²) in [5, 5.41) is 2.97. The van der Waals surface area contributed by atoms with Crippen LogP contribution in [0.5, 0.6) is 0 Å². The van der Waals surface area contributed by atoms with E-state index in [9.17, 15) is 4.79 Å². The fraction of sp³-hybridized carbons (Fsp3) is 0.562. The molecule has 1 atom stereocenters. The topological polar surface area (TPSA) is 58.4 Å². The lowest BCUT2D eigenvalue weighted by atomic mass is 10.1. The van der Waals surface area contributed by atoms with Crippen LogP contribution in [0.1, 0.15) is 38.2 Å². The molecule has 110 valence electrons. The summed E-state index contributed by atoms with van der Waals surface area (Å²) in [5.41, 5.74) is 8.95. The van der Waals surface area contributed by atoms with Crippen molar-refractivity contribution in [2.75, 3.05) is 23.3 Å². The Kier molecular flexibility index (Phi) is 5.01. The number of anilines is 2. The lowest BCUT2D eigenvalue weighted by molar-refractivity contribution is -0.116. The van der Waals surface area contributed by atoms with Crippen LogP contribution in [-0.2, 0) is 4.79 Å². The molecular weight excluding hydrogens is 250 g/mol. The molecule has 0 spiro atoms. The van der Waals surface area contributed by atoms with Gasteiger partial charge in [-0.15, -0.1) is 0 Å². The quantitative estimate of drug-likeness (QED) is 0.868. The summed E-state index contributed by atoms with van der Waals surface area (Å²) in [6.45, 7) is 6.24. The molecule has 1 aliphatic rings. The van der Waals surface area contributed by atoms with E-state index in [1.807, 2.05) is 19.9 Å². The summed E-state index contributed by atoms with van der Waals surface area (Å²) in [7, 11) is 0. The Balaban J connectivity index is 1.97. The van der Waals surface area contributed by atoms with Gasteiger partial charge in [-0.05, 0) is 56.9 Å². The molecule has 4 nitrogen and oxygen atoms in total. The summed E-state index contributed by atoms with van der Waals surface area (Å²) in [4.78, 5) is 14.2. The molecule has 0 aliphatic carbocycles. The van der Waals surface area contributed by atoms with E-state index < -0.39 is 0 Å². The average Bonchev–Trinajstić information content (AvgIpc) is 2.92. The van der Waals surface area contributed by atoms with Crippen LogP contribution < -0.4 is 16.0 Å². The van der Waals surface area contributed by atoms with Crippen LogP contribution in [-0.4, -0.2) is 25.0 Å². The van der Waals surface area contributed by atoms with Crippen LogP contribution in [0.2, 0.25) is 0 Å². The van der Waals surface area contributed by atoms with E-state index in [1.54, 1.807) is 0 Å². The van der Waals surface area contributed by atoms with Gasteiger partial charge in [0.1, 0.15) is 0 Å². The monoisotopic (exact) mass is 275 g/mol. The van der Waals surface area contributed by atoms with E-state index in [0.717, 1.165) is 30.8 Å². The highest BCUT2D eigenvalue weighted by Crippen LogP contribution is 2.25. The highest BCUT2D eigenvalue weighted by atomic mass is 16.1. The largest absolute Gasteiger partial charge is 0.372 e. The Morgan fingerprint density at radius 2 is 2.10 bits per heavy atom. The first kappa shape index (κ1) is 14.9. The van der Waals surface area contributed by atoms with Crippen molar-refractivity contribution in [2.45, 2.75) is 45.6 Å². The number of nitrogens with zero attached hydrogens (tertiary/aromatic N) is 1. The molecule has 3 N–H and O–H groups in total. The van der Waals surface area contributed by atoms with Crippen LogP contribution in [0.15, 0.2) is 18.2 Å². The molecule has 0 saturated carbocycles. The molecular formula is C16H25N3O. The number of nitrogens with one attached hydrogen (secondary N) is 1. The van der Waals surface area contributed by atoms with Crippen molar-refractivity contribution >= 4 is 17.3 Å². The number of benzene rings is 1. The molecule has 1 aliphatic heterocycles. The predicted octanol–water partition coefficient (Wildman–Crippen LogP) is 2.66. The molecule has 1 saturated heterocycles. The van der Waals surface area contributed by atoms with Crippen molar-refractivity contribution in [1.82, 2.24) is 0 Å². The van der Waals surface area contributed by atoms with Gasteiger partial charge in [0.05, 0.1) is 0 Å². The van der Waals surface area contributed by atoms with Gasteiger partial charge in [-0.2, -0.15) is 0 Å². The molecule has 1 fully saturated rings. The zero-order chi connectivity index (χ0) is 14.5. The second kappa shape index (κ2) is 6.75. The van der Waals surface area contributed by atoms with Crippen molar-refractivity contribution in [1.29, 1.82) is 0 Å². The standard InChI is InChI=1S/C16H25N3O/c1-12-11-14(19-9-3-4-10-19)6-7-15(12)18-16(20)8-5-13(2)17/h6-7,11,13H,3-5,8-10,17H2,1-2H3,(H,18,20). The lowest BCUT2D eigenvalue weighted by Gasteiger charge is -2.19. The van der Waals surface area contributed by atoms with E-state index in [-0.39, 0.29) is 11.9 Å². The summed E-state index contributed by atoms with van der Waals surface area (Å²) in [6, 6.07) is 6.33. The van der Waals surface area contributed by atoms with Gasteiger partial charge >= 0.3 is 0 Å². The average molecular weight is 275 g/mol. The Bertz CT molecular complexity index is 465. The molecule has 1 amide bonds. The molecule has 20 heavy (non-hydrogen) atoms. The Morgan fingerprint density at radius 1 is 1.40 bits per heavy atom. The normalized spacial score (nSPS) is 16.2. The number of hydrogen-bond acceptors (Lipinski definition) is 3. The predicted molar refractivity (Wildman–Crippen MR) is 84.1 cm³/mol. The Hall–Kier alpha value is -1.55. The third-order valence-electron chi connectivity index (χ3n) is 3.78. The highest BCUT2D eigenvalue weighted by Gasteiger charge is 2.13. The maximum absolute atomic E-state index is 11.8. The minimum absolute atomic E-state index is 0.0410. The number of amides is 1. The number of aryl methyl sites for hydroxylation is 1. The van der Waals surface area contributed by atoms with Gasteiger partial charge in [0, 0.05) is 36.9 Å². The van der Waals surface area contributed by atoms with Gasteiger partial charge in [0.2, 0.25) is 5.91 Å². The fourth-order valence-corrected chi connectivity index (χ4v) is 2.53. The van der Waals surface area contributed by atoms with Crippen molar-refractivity contribution < 1.29 is 4.79 Å². The van der Waals surface area contributed by atoms with Gasteiger partial charge in [-0.1, -0.05) is 0 Å². The number of nitrogens with two attached hydrogens (primary N) is 1. The molecule has 2 rings (SSSR count). The molecule has 1 heterocycles. The number of rotatable bonds is 5. The van der Waals surface area contributed by atoms with Gasteiger partial charge in [0.15, 0.2) is 0 Å². The SMILES string of the molecule is Cc1cc(N2CCCC2)ccc1NC(=O)CCC(C)N. The van der Waals surface area contributed by atoms with E-state index in [4.69, 9.17) is 5.73 Å². The van der Waals surface area contributed by atoms with Crippen molar-refractivity contribution in [2.24, 2.45) is 5.73 Å². The second-order valence-corrected chi connectivity index (χ2v) is 5.76. The first-order valence-corrected chi connectivity index (χ1v) is 7.47. The minimum atomic E-state index is 0.0410. The first-order valence-electron chi connectivity index (χ1n) is 7.47. The van der Waals surface area contributed by atoms with Gasteiger partial charge < -0.3 is 16.0 Å².